The van der Waals surface area contributed by atoms with Crippen molar-refractivity contribution in [2.24, 2.45) is 0 Å². The molecule has 0 bridgehead atoms. The first kappa shape index (κ1) is 14.8. The van der Waals surface area contributed by atoms with Crippen LogP contribution in [0.5, 0.6) is 5.88 Å². The smallest absolute Gasteiger partial charge is 0.258 e. The molecule has 0 spiro atoms. The summed E-state index contributed by atoms with van der Waals surface area (Å²) in [4.78, 5) is 11.8. The maximum absolute atomic E-state index is 11.8. The van der Waals surface area contributed by atoms with E-state index in [1.165, 1.54) is 0 Å². The highest BCUT2D eigenvalue weighted by molar-refractivity contribution is 5.77. The van der Waals surface area contributed by atoms with Crippen LogP contribution in [0, 0.1) is 0 Å². The molecular weight excluding hydrogens is 290 g/mol. The number of hydrogen-bond acceptors (Lipinski definition) is 3. The summed E-state index contributed by atoms with van der Waals surface area (Å²) >= 11 is 0. The minimum absolute atomic E-state index is 0.0569. The van der Waals surface area contributed by atoms with E-state index in [0.717, 1.165) is 11.3 Å². The van der Waals surface area contributed by atoms with Gasteiger partial charge in [-0.05, 0) is 17.7 Å². The van der Waals surface area contributed by atoms with Gasteiger partial charge >= 0.3 is 0 Å². The zero-order valence-electron chi connectivity index (χ0n) is 12.6. The number of carbonyl (C=O) groups excluding carboxylic acids is 1. The Balaban J connectivity index is 1.49. The molecule has 1 N–H and O–H groups in total. The zero-order chi connectivity index (χ0) is 15.9. The average Bonchev–Trinajstić information content (AvgIpc) is 3.09. The van der Waals surface area contributed by atoms with E-state index in [1.54, 1.807) is 16.9 Å². The van der Waals surface area contributed by atoms with Gasteiger partial charge in [0.2, 0.25) is 5.88 Å². The molecule has 0 aliphatic carbocycles. The Hall–Kier alpha value is -3.08. The summed E-state index contributed by atoms with van der Waals surface area (Å²) in [6, 6.07) is 21.2. The van der Waals surface area contributed by atoms with Crippen molar-refractivity contribution in [3.63, 3.8) is 0 Å². The topological polar surface area (TPSA) is 56.2 Å². The number of ether oxygens (including phenoxy) is 1. The quantitative estimate of drug-likeness (QED) is 0.761. The number of aromatic nitrogens is 2. The number of hydrogen-bond donors (Lipinski definition) is 1. The van der Waals surface area contributed by atoms with Gasteiger partial charge in [0.25, 0.3) is 5.91 Å². The molecule has 1 amide bonds. The fourth-order valence-electron chi connectivity index (χ4n) is 2.10. The Labute approximate surface area is 134 Å². The summed E-state index contributed by atoms with van der Waals surface area (Å²) < 4.78 is 7.12. The van der Waals surface area contributed by atoms with E-state index in [0.29, 0.717) is 12.4 Å². The first-order chi connectivity index (χ1) is 11.3. The standard InChI is InChI=1S/C18H17N3O2/c22-17(19-13-15-7-3-1-4-8-15)14-23-18-11-12-21(20-18)16-9-5-2-6-10-16/h1-12H,13-14H2,(H,19,22). The van der Waals surface area contributed by atoms with Crippen LogP contribution in [-0.2, 0) is 11.3 Å². The van der Waals surface area contributed by atoms with Gasteiger partial charge in [-0.15, -0.1) is 5.10 Å². The molecule has 0 unspecified atom stereocenters. The zero-order valence-corrected chi connectivity index (χ0v) is 12.6. The molecule has 3 aromatic rings. The van der Waals surface area contributed by atoms with E-state index in [9.17, 15) is 4.79 Å². The first-order valence-electron chi connectivity index (χ1n) is 7.36. The molecule has 0 fully saturated rings. The Morgan fingerprint density at radius 2 is 1.70 bits per heavy atom. The molecule has 0 radical (unpaired) electrons. The third-order valence-corrected chi connectivity index (χ3v) is 3.27. The molecule has 1 aromatic heterocycles. The molecule has 0 aliphatic rings. The monoisotopic (exact) mass is 307 g/mol. The Kier molecular flexibility index (Phi) is 4.69. The minimum atomic E-state index is -0.178. The minimum Gasteiger partial charge on any atom is -0.466 e. The van der Waals surface area contributed by atoms with Crippen molar-refractivity contribution in [3.8, 4) is 11.6 Å². The molecular formula is C18H17N3O2. The number of para-hydroxylation sites is 1. The second-order valence-electron chi connectivity index (χ2n) is 4.99. The summed E-state index contributed by atoms with van der Waals surface area (Å²) in [6.45, 7) is 0.431. The SMILES string of the molecule is O=C(COc1ccn(-c2ccccc2)n1)NCc1ccccc1. The van der Waals surface area contributed by atoms with E-state index < -0.39 is 0 Å². The third-order valence-electron chi connectivity index (χ3n) is 3.27. The van der Waals surface area contributed by atoms with Crippen LogP contribution < -0.4 is 10.1 Å². The van der Waals surface area contributed by atoms with Gasteiger partial charge < -0.3 is 10.1 Å². The van der Waals surface area contributed by atoms with Gasteiger partial charge in [0, 0.05) is 18.8 Å². The van der Waals surface area contributed by atoms with E-state index in [4.69, 9.17) is 4.74 Å². The predicted molar refractivity (Wildman–Crippen MR) is 87.3 cm³/mol. The molecule has 0 atom stereocenters. The maximum Gasteiger partial charge on any atom is 0.258 e. The van der Waals surface area contributed by atoms with Gasteiger partial charge in [0.05, 0.1) is 5.69 Å². The Morgan fingerprint density at radius 3 is 2.43 bits per heavy atom. The van der Waals surface area contributed by atoms with Crippen LogP contribution in [0.4, 0.5) is 0 Å². The molecule has 5 heteroatoms. The lowest BCUT2D eigenvalue weighted by Crippen LogP contribution is -2.28. The molecule has 23 heavy (non-hydrogen) atoms. The summed E-state index contributed by atoms with van der Waals surface area (Å²) in [6.07, 6.45) is 1.80. The molecule has 3 rings (SSSR count). The van der Waals surface area contributed by atoms with Crippen molar-refractivity contribution >= 4 is 5.91 Å². The highest BCUT2D eigenvalue weighted by Crippen LogP contribution is 2.11. The van der Waals surface area contributed by atoms with Crippen LogP contribution in [0.1, 0.15) is 5.56 Å². The Morgan fingerprint density at radius 1 is 1.00 bits per heavy atom. The molecule has 2 aromatic carbocycles. The molecule has 0 aliphatic heterocycles. The maximum atomic E-state index is 11.8. The highest BCUT2D eigenvalue weighted by atomic mass is 16.5. The second kappa shape index (κ2) is 7.26. The predicted octanol–water partition coefficient (Wildman–Crippen LogP) is 2.57. The highest BCUT2D eigenvalue weighted by Gasteiger charge is 2.06. The van der Waals surface area contributed by atoms with Crippen LogP contribution in [0.3, 0.4) is 0 Å². The van der Waals surface area contributed by atoms with E-state index in [1.807, 2.05) is 60.7 Å². The molecule has 0 saturated heterocycles. The molecule has 5 nitrogen and oxygen atoms in total. The number of nitrogens with zero attached hydrogens (tertiary/aromatic N) is 2. The fourth-order valence-corrected chi connectivity index (χ4v) is 2.10. The van der Waals surface area contributed by atoms with Crippen LogP contribution in [0.2, 0.25) is 0 Å². The molecule has 0 saturated carbocycles. The number of nitrogens with one attached hydrogen (secondary N) is 1. The van der Waals surface area contributed by atoms with Gasteiger partial charge in [-0.2, -0.15) is 0 Å². The number of benzene rings is 2. The fraction of sp³-hybridized carbons (Fsp3) is 0.111. The summed E-state index contributed by atoms with van der Waals surface area (Å²) in [5.41, 5.74) is 1.99. The van der Waals surface area contributed by atoms with E-state index >= 15 is 0 Å². The Bertz CT molecular complexity index is 754. The lowest BCUT2D eigenvalue weighted by atomic mass is 10.2. The van der Waals surface area contributed by atoms with Crippen LogP contribution in [0.25, 0.3) is 5.69 Å². The van der Waals surface area contributed by atoms with Crippen LogP contribution in [0.15, 0.2) is 72.9 Å². The number of rotatable bonds is 6. The summed E-state index contributed by atoms with van der Waals surface area (Å²) in [5.74, 6) is 0.242. The van der Waals surface area contributed by atoms with Crippen molar-refractivity contribution in [1.82, 2.24) is 15.1 Å². The molecule has 116 valence electrons. The lowest BCUT2D eigenvalue weighted by molar-refractivity contribution is -0.123. The summed E-state index contributed by atoms with van der Waals surface area (Å²) in [7, 11) is 0. The van der Waals surface area contributed by atoms with Crippen molar-refractivity contribution in [2.45, 2.75) is 6.54 Å². The van der Waals surface area contributed by atoms with Gasteiger partial charge in [-0.25, -0.2) is 4.68 Å². The normalized spacial score (nSPS) is 10.3. The van der Waals surface area contributed by atoms with Crippen LogP contribution in [-0.4, -0.2) is 22.3 Å². The third kappa shape index (κ3) is 4.20. The van der Waals surface area contributed by atoms with E-state index in [-0.39, 0.29) is 12.5 Å². The lowest BCUT2D eigenvalue weighted by Gasteiger charge is -2.06. The molecule has 1 heterocycles. The van der Waals surface area contributed by atoms with Gasteiger partial charge in [0.15, 0.2) is 6.61 Å². The van der Waals surface area contributed by atoms with Gasteiger partial charge in [0.1, 0.15) is 0 Å². The number of amides is 1. The van der Waals surface area contributed by atoms with Crippen molar-refractivity contribution < 1.29 is 9.53 Å². The van der Waals surface area contributed by atoms with Crippen LogP contribution >= 0.6 is 0 Å². The summed E-state index contributed by atoms with van der Waals surface area (Å²) in [5, 5.41) is 7.09. The first-order valence-corrected chi connectivity index (χ1v) is 7.36. The largest absolute Gasteiger partial charge is 0.466 e. The van der Waals surface area contributed by atoms with Crippen molar-refractivity contribution in [1.29, 1.82) is 0 Å². The van der Waals surface area contributed by atoms with Crippen molar-refractivity contribution in [2.75, 3.05) is 6.61 Å². The number of carbonyl (C=O) groups is 1. The average molecular weight is 307 g/mol. The second-order valence-corrected chi connectivity index (χ2v) is 4.99. The van der Waals surface area contributed by atoms with Gasteiger partial charge in [-0.3, -0.25) is 4.79 Å². The van der Waals surface area contributed by atoms with Crippen molar-refractivity contribution in [3.05, 3.63) is 78.5 Å². The van der Waals surface area contributed by atoms with Gasteiger partial charge in [-0.1, -0.05) is 48.5 Å². The van der Waals surface area contributed by atoms with E-state index in [2.05, 4.69) is 10.4 Å².